The predicted molar refractivity (Wildman–Crippen MR) is 70.1 cm³/mol. The average Bonchev–Trinajstić information content (AvgIpc) is 2.28. The molecule has 1 aromatic carbocycles. The number of pyridine rings is 1. The van der Waals surface area contributed by atoms with Gasteiger partial charge < -0.3 is 11.1 Å². The van der Waals surface area contributed by atoms with Crippen molar-refractivity contribution in [1.82, 2.24) is 4.98 Å². The number of rotatable bonds is 3. The molecule has 0 saturated heterocycles. The summed E-state index contributed by atoms with van der Waals surface area (Å²) in [6.45, 7) is 0.660. The number of anilines is 2. The Labute approximate surface area is 103 Å². The Hall–Kier alpha value is -1.55. The Morgan fingerprint density at radius 2 is 2.06 bits per heavy atom. The molecule has 0 atom stereocenters. The van der Waals surface area contributed by atoms with Gasteiger partial charge in [-0.05, 0) is 40.2 Å². The molecule has 0 aliphatic carbocycles. The lowest BCUT2D eigenvalue weighted by Gasteiger charge is -2.07. The highest BCUT2D eigenvalue weighted by Crippen LogP contribution is 2.21. The highest BCUT2D eigenvalue weighted by molar-refractivity contribution is 9.10. The van der Waals surface area contributed by atoms with E-state index in [0.29, 0.717) is 6.54 Å². The standard InChI is InChI=1S/C12H12BrN3/c13-11-3-1-2-4-12(11)16-8-10-7-9(14)5-6-15-10/h1-7,16H,8H2,(H2,14,15). The number of benzene rings is 1. The Morgan fingerprint density at radius 1 is 1.25 bits per heavy atom. The van der Waals surface area contributed by atoms with Crippen molar-refractivity contribution in [3.63, 3.8) is 0 Å². The summed E-state index contributed by atoms with van der Waals surface area (Å²) in [7, 11) is 0. The fraction of sp³-hybridized carbons (Fsp3) is 0.0833. The Morgan fingerprint density at radius 3 is 2.81 bits per heavy atom. The second-order valence-electron chi connectivity index (χ2n) is 3.41. The zero-order chi connectivity index (χ0) is 11.4. The van der Waals surface area contributed by atoms with E-state index >= 15 is 0 Å². The van der Waals surface area contributed by atoms with Gasteiger partial charge in [0.05, 0.1) is 12.2 Å². The molecule has 4 heteroatoms. The smallest absolute Gasteiger partial charge is 0.0615 e. The van der Waals surface area contributed by atoms with Crippen LogP contribution in [0.15, 0.2) is 47.1 Å². The van der Waals surface area contributed by atoms with Gasteiger partial charge in [0.2, 0.25) is 0 Å². The maximum absolute atomic E-state index is 5.68. The second kappa shape index (κ2) is 4.99. The fourth-order valence-electron chi connectivity index (χ4n) is 1.38. The molecular weight excluding hydrogens is 266 g/mol. The first kappa shape index (κ1) is 11.0. The molecule has 0 saturated carbocycles. The maximum atomic E-state index is 5.68. The molecule has 0 fully saturated rings. The fourth-order valence-corrected chi connectivity index (χ4v) is 1.81. The van der Waals surface area contributed by atoms with Crippen LogP contribution in [0, 0.1) is 0 Å². The van der Waals surface area contributed by atoms with Gasteiger partial charge >= 0.3 is 0 Å². The second-order valence-corrected chi connectivity index (χ2v) is 4.27. The van der Waals surface area contributed by atoms with Crippen LogP contribution in [0.4, 0.5) is 11.4 Å². The summed E-state index contributed by atoms with van der Waals surface area (Å²) < 4.78 is 1.04. The summed E-state index contributed by atoms with van der Waals surface area (Å²) in [5.41, 5.74) is 8.39. The molecule has 1 aromatic heterocycles. The van der Waals surface area contributed by atoms with E-state index in [4.69, 9.17) is 5.73 Å². The third-order valence-electron chi connectivity index (χ3n) is 2.17. The number of nitrogens with zero attached hydrogens (tertiary/aromatic N) is 1. The zero-order valence-electron chi connectivity index (χ0n) is 8.65. The van der Waals surface area contributed by atoms with Crippen molar-refractivity contribution in [3.05, 3.63) is 52.8 Å². The monoisotopic (exact) mass is 277 g/mol. The van der Waals surface area contributed by atoms with Crippen LogP contribution < -0.4 is 11.1 Å². The molecule has 2 rings (SSSR count). The van der Waals surface area contributed by atoms with Crippen LogP contribution in [-0.2, 0) is 6.54 Å². The molecule has 0 aliphatic heterocycles. The quantitative estimate of drug-likeness (QED) is 0.907. The van der Waals surface area contributed by atoms with E-state index in [1.54, 1.807) is 12.3 Å². The molecule has 3 N–H and O–H groups in total. The van der Waals surface area contributed by atoms with E-state index in [1.165, 1.54) is 0 Å². The minimum absolute atomic E-state index is 0.660. The molecular formula is C12H12BrN3. The molecule has 1 heterocycles. The van der Waals surface area contributed by atoms with E-state index < -0.39 is 0 Å². The van der Waals surface area contributed by atoms with Crippen LogP contribution in [0.2, 0.25) is 0 Å². The van der Waals surface area contributed by atoms with Gasteiger partial charge in [-0.15, -0.1) is 0 Å². The first-order chi connectivity index (χ1) is 7.75. The van der Waals surface area contributed by atoms with Gasteiger partial charge in [0.25, 0.3) is 0 Å². The van der Waals surface area contributed by atoms with Gasteiger partial charge in [0.1, 0.15) is 0 Å². The third-order valence-corrected chi connectivity index (χ3v) is 2.87. The van der Waals surface area contributed by atoms with Crippen molar-refractivity contribution in [1.29, 1.82) is 0 Å². The van der Waals surface area contributed by atoms with Crippen LogP contribution in [0.1, 0.15) is 5.69 Å². The van der Waals surface area contributed by atoms with Crippen molar-refractivity contribution in [3.8, 4) is 0 Å². The van der Waals surface area contributed by atoms with Gasteiger partial charge in [0, 0.05) is 22.0 Å². The van der Waals surface area contributed by atoms with Gasteiger partial charge in [-0.3, -0.25) is 4.98 Å². The number of halogens is 1. The Balaban J connectivity index is 2.05. The first-order valence-electron chi connectivity index (χ1n) is 4.94. The average molecular weight is 278 g/mol. The summed E-state index contributed by atoms with van der Waals surface area (Å²) in [5, 5.41) is 3.29. The molecule has 0 amide bonds. The van der Waals surface area contributed by atoms with Crippen LogP contribution in [-0.4, -0.2) is 4.98 Å². The van der Waals surface area contributed by atoms with Gasteiger partial charge in [-0.1, -0.05) is 12.1 Å². The minimum Gasteiger partial charge on any atom is -0.399 e. The van der Waals surface area contributed by atoms with Gasteiger partial charge in [0.15, 0.2) is 0 Å². The molecule has 0 bridgehead atoms. The molecule has 2 aromatic rings. The first-order valence-corrected chi connectivity index (χ1v) is 5.74. The van der Waals surface area contributed by atoms with Crippen molar-refractivity contribution < 1.29 is 0 Å². The molecule has 0 aliphatic rings. The molecule has 82 valence electrons. The third kappa shape index (κ3) is 2.73. The van der Waals surface area contributed by atoms with Crippen molar-refractivity contribution in [2.24, 2.45) is 0 Å². The summed E-state index contributed by atoms with van der Waals surface area (Å²) in [4.78, 5) is 4.23. The number of nitrogens with one attached hydrogen (secondary N) is 1. The topological polar surface area (TPSA) is 50.9 Å². The lowest BCUT2D eigenvalue weighted by Crippen LogP contribution is -2.02. The molecule has 0 spiro atoms. The summed E-state index contributed by atoms with van der Waals surface area (Å²) in [6, 6.07) is 11.6. The minimum atomic E-state index is 0.660. The maximum Gasteiger partial charge on any atom is 0.0615 e. The molecule has 3 nitrogen and oxygen atoms in total. The number of aromatic nitrogens is 1. The zero-order valence-corrected chi connectivity index (χ0v) is 10.2. The number of hydrogen-bond acceptors (Lipinski definition) is 3. The van der Waals surface area contributed by atoms with E-state index in [2.05, 4.69) is 26.2 Å². The normalized spacial score (nSPS) is 10.1. The molecule has 16 heavy (non-hydrogen) atoms. The van der Waals surface area contributed by atoms with Crippen molar-refractivity contribution >= 4 is 27.3 Å². The highest BCUT2D eigenvalue weighted by Gasteiger charge is 1.99. The highest BCUT2D eigenvalue weighted by atomic mass is 79.9. The molecule has 0 radical (unpaired) electrons. The van der Waals surface area contributed by atoms with E-state index in [-0.39, 0.29) is 0 Å². The SMILES string of the molecule is Nc1ccnc(CNc2ccccc2Br)c1. The summed E-state index contributed by atoms with van der Waals surface area (Å²) >= 11 is 3.48. The summed E-state index contributed by atoms with van der Waals surface area (Å²) in [5.74, 6) is 0. The van der Waals surface area contributed by atoms with Crippen LogP contribution in [0.5, 0.6) is 0 Å². The van der Waals surface area contributed by atoms with Crippen LogP contribution in [0.25, 0.3) is 0 Å². The van der Waals surface area contributed by atoms with E-state index in [9.17, 15) is 0 Å². The van der Waals surface area contributed by atoms with Crippen molar-refractivity contribution in [2.45, 2.75) is 6.54 Å². The summed E-state index contributed by atoms with van der Waals surface area (Å²) in [6.07, 6.45) is 1.71. The number of nitrogens with two attached hydrogens (primary N) is 1. The Kier molecular flexibility index (Phi) is 3.41. The van der Waals surface area contributed by atoms with E-state index in [0.717, 1.165) is 21.5 Å². The Bertz CT molecular complexity index is 485. The van der Waals surface area contributed by atoms with Crippen LogP contribution in [0.3, 0.4) is 0 Å². The lowest BCUT2D eigenvalue weighted by atomic mass is 10.3. The number of para-hydroxylation sites is 1. The van der Waals surface area contributed by atoms with E-state index in [1.807, 2.05) is 30.3 Å². The predicted octanol–water partition coefficient (Wildman–Crippen LogP) is 3.04. The number of hydrogen-bond donors (Lipinski definition) is 2. The van der Waals surface area contributed by atoms with Gasteiger partial charge in [-0.25, -0.2) is 0 Å². The van der Waals surface area contributed by atoms with Gasteiger partial charge in [-0.2, -0.15) is 0 Å². The van der Waals surface area contributed by atoms with Crippen LogP contribution >= 0.6 is 15.9 Å². The van der Waals surface area contributed by atoms with Crippen molar-refractivity contribution in [2.75, 3.05) is 11.1 Å². The number of nitrogen functional groups attached to an aromatic ring is 1. The molecule has 0 unspecified atom stereocenters. The largest absolute Gasteiger partial charge is 0.399 e. The lowest BCUT2D eigenvalue weighted by molar-refractivity contribution is 1.05.